The standard InChI is InChI=1S/C18H24N2O/c21-11-10-20(14-18-6-3-9-19-18)13-15-7-8-16-4-1-2-5-17(16)12-15/h1-2,4-5,7-8,12,18-19,21H,3,6,9-11,13-14H2. The zero-order chi connectivity index (χ0) is 14.5. The second-order valence-corrected chi connectivity index (χ2v) is 5.93. The summed E-state index contributed by atoms with van der Waals surface area (Å²) in [6.45, 7) is 4.02. The fraction of sp³-hybridized carbons (Fsp3) is 0.444. The lowest BCUT2D eigenvalue weighted by atomic mass is 10.1. The Morgan fingerprint density at radius 2 is 2.00 bits per heavy atom. The highest BCUT2D eigenvalue weighted by molar-refractivity contribution is 5.82. The number of hydrogen-bond donors (Lipinski definition) is 2. The third-order valence-corrected chi connectivity index (χ3v) is 4.28. The van der Waals surface area contributed by atoms with Crippen molar-refractivity contribution < 1.29 is 5.11 Å². The van der Waals surface area contributed by atoms with Gasteiger partial charge in [-0.1, -0.05) is 36.4 Å². The largest absolute Gasteiger partial charge is 0.395 e. The Balaban J connectivity index is 1.70. The van der Waals surface area contributed by atoms with Gasteiger partial charge in [0.05, 0.1) is 6.61 Å². The molecule has 2 aromatic carbocycles. The first-order valence-electron chi connectivity index (χ1n) is 7.89. The Morgan fingerprint density at radius 1 is 1.14 bits per heavy atom. The van der Waals surface area contributed by atoms with Gasteiger partial charge in [0, 0.05) is 25.7 Å². The van der Waals surface area contributed by atoms with Crippen LogP contribution in [0.2, 0.25) is 0 Å². The van der Waals surface area contributed by atoms with Crippen molar-refractivity contribution in [3.05, 3.63) is 48.0 Å². The molecule has 1 unspecified atom stereocenters. The van der Waals surface area contributed by atoms with Crippen molar-refractivity contribution >= 4 is 10.8 Å². The zero-order valence-electron chi connectivity index (χ0n) is 12.5. The Morgan fingerprint density at radius 3 is 2.76 bits per heavy atom. The molecule has 2 aromatic rings. The average molecular weight is 284 g/mol. The van der Waals surface area contributed by atoms with Crippen LogP contribution in [0.15, 0.2) is 42.5 Å². The van der Waals surface area contributed by atoms with E-state index in [0.29, 0.717) is 6.04 Å². The van der Waals surface area contributed by atoms with Crippen LogP contribution in [-0.2, 0) is 6.54 Å². The van der Waals surface area contributed by atoms with Crippen LogP contribution in [0.1, 0.15) is 18.4 Å². The van der Waals surface area contributed by atoms with Gasteiger partial charge < -0.3 is 10.4 Å². The van der Waals surface area contributed by atoms with Crippen LogP contribution >= 0.6 is 0 Å². The Hall–Kier alpha value is -1.42. The van der Waals surface area contributed by atoms with Crippen LogP contribution in [0.3, 0.4) is 0 Å². The van der Waals surface area contributed by atoms with Crippen molar-refractivity contribution in [3.63, 3.8) is 0 Å². The monoisotopic (exact) mass is 284 g/mol. The highest BCUT2D eigenvalue weighted by atomic mass is 16.3. The van der Waals surface area contributed by atoms with Gasteiger partial charge >= 0.3 is 0 Å². The molecule has 1 atom stereocenters. The van der Waals surface area contributed by atoms with Crippen molar-refractivity contribution in [2.24, 2.45) is 0 Å². The summed E-state index contributed by atoms with van der Waals surface area (Å²) < 4.78 is 0. The minimum absolute atomic E-state index is 0.223. The maximum absolute atomic E-state index is 9.30. The van der Waals surface area contributed by atoms with Crippen molar-refractivity contribution in [2.75, 3.05) is 26.2 Å². The average Bonchev–Trinajstić information content (AvgIpc) is 3.00. The van der Waals surface area contributed by atoms with Crippen LogP contribution in [0.5, 0.6) is 0 Å². The van der Waals surface area contributed by atoms with E-state index in [1.807, 2.05) is 0 Å². The summed E-state index contributed by atoms with van der Waals surface area (Å²) in [5.41, 5.74) is 1.32. The number of nitrogens with zero attached hydrogens (tertiary/aromatic N) is 1. The molecule has 0 radical (unpaired) electrons. The van der Waals surface area contributed by atoms with E-state index in [0.717, 1.165) is 26.2 Å². The SMILES string of the molecule is OCCN(Cc1ccc2ccccc2c1)CC1CCCN1. The molecule has 0 bridgehead atoms. The molecule has 1 saturated heterocycles. The van der Waals surface area contributed by atoms with E-state index >= 15 is 0 Å². The highest BCUT2D eigenvalue weighted by Gasteiger charge is 2.17. The fourth-order valence-electron chi connectivity index (χ4n) is 3.20. The molecule has 2 N–H and O–H groups in total. The minimum atomic E-state index is 0.223. The van der Waals surface area contributed by atoms with Gasteiger partial charge in [-0.15, -0.1) is 0 Å². The number of hydrogen-bond acceptors (Lipinski definition) is 3. The quantitative estimate of drug-likeness (QED) is 0.855. The van der Waals surface area contributed by atoms with Gasteiger partial charge in [-0.3, -0.25) is 4.90 Å². The van der Waals surface area contributed by atoms with Gasteiger partial charge in [-0.2, -0.15) is 0 Å². The summed E-state index contributed by atoms with van der Waals surface area (Å²) in [4.78, 5) is 2.35. The molecule has 0 saturated carbocycles. The second-order valence-electron chi connectivity index (χ2n) is 5.93. The van der Waals surface area contributed by atoms with Crippen LogP contribution in [0.4, 0.5) is 0 Å². The number of rotatable bonds is 6. The summed E-state index contributed by atoms with van der Waals surface area (Å²) in [5, 5.41) is 15.4. The van der Waals surface area contributed by atoms with E-state index in [2.05, 4.69) is 52.7 Å². The topological polar surface area (TPSA) is 35.5 Å². The Kier molecular flexibility index (Phi) is 4.86. The highest BCUT2D eigenvalue weighted by Crippen LogP contribution is 2.17. The third-order valence-electron chi connectivity index (χ3n) is 4.28. The van der Waals surface area contributed by atoms with Crippen LogP contribution in [0.25, 0.3) is 10.8 Å². The lowest BCUT2D eigenvalue weighted by Crippen LogP contribution is -2.38. The number of aliphatic hydroxyl groups is 1. The first-order chi connectivity index (χ1) is 10.3. The molecule has 0 aliphatic carbocycles. The van der Waals surface area contributed by atoms with Gasteiger partial charge in [-0.25, -0.2) is 0 Å². The van der Waals surface area contributed by atoms with E-state index in [-0.39, 0.29) is 6.61 Å². The van der Waals surface area contributed by atoms with E-state index in [1.165, 1.54) is 29.2 Å². The zero-order valence-corrected chi connectivity index (χ0v) is 12.5. The van der Waals surface area contributed by atoms with E-state index in [9.17, 15) is 5.11 Å². The van der Waals surface area contributed by atoms with Crippen molar-refractivity contribution in [1.82, 2.24) is 10.2 Å². The summed E-state index contributed by atoms with van der Waals surface area (Å²) in [5.74, 6) is 0. The summed E-state index contributed by atoms with van der Waals surface area (Å²) in [7, 11) is 0. The third kappa shape index (κ3) is 3.82. The maximum Gasteiger partial charge on any atom is 0.0558 e. The van der Waals surface area contributed by atoms with Crippen LogP contribution < -0.4 is 5.32 Å². The van der Waals surface area contributed by atoms with Crippen LogP contribution in [0, 0.1) is 0 Å². The van der Waals surface area contributed by atoms with Gasteiger partial charge in [0.25, 0.3) is 0 Å². The summed E-state index contributed by atoms with van der Waals surface area (Å²) in [6, 6.07) is 15.7. The first-order valence-corrected chi connectivity index (χ1v) is 7.89. The van der Waals surface area contributed by atoms with Gasteiger partial charge in [0.1, 0.15) is 0 Å². The Bertz CT molecular complexity index is 578. The molecule has 1 aliphatic heterocycles. The molecule has 3 nitrogen and oxygen atoms in total. The number of nitrogens with one attached hydrogen (secondary N) is 1. The van der Waals surface area contributed by atoms with E-state index in [1.54, 1.807) is 0 Å². The van der Waals surface area contributed by atoms with E-state index < -0.39 is 0 Å². The van der Waals surface area contributed by atoms with Crippen molar-refractivity contribution in [3.8, 4) is 0 Å². The molecule has 1 fully saturated rings. The molecule has 3 rings (SSSR count). The van der Waals surface area contributed by atoms with Crippen molar-refractivity contribution in [1.29, 1.82) is 0 Å². The van der Waals surface area contributed by atoms with E-state index in [4.69, 9.17) is 0 Å². The molecule has 1 heterocycles. The molecule has 0 amide bonds. The molecule has 0 aromatic heterocycles. The first kappa shape index (κ1) is 14.5. The number of benzene rings is 2. The number of fused-ring (bicyclic) bond motifs is 1. The predicted octanol–water partition coefficient (Wildman–Crippen LogP) is 2.39. The maximum atomic E-state index is 9.30. The van der Waals surface area contributed by atoms with Crippen molar-refractivity contribution in [2.45, 2.75) is 25.4 Å². The smallest absolute Gasteiger partial charge is 0.0558 e. The summed E-state index contributed by atoms with van der Waals surface area (Å²) in [6.07, 6.45) is 2.52. The van der Waals surface area contributed by atoms with Gasteiger partial charge in [0.15, 0.2) is 0 Å². The lowest BCUT2D eigenvalue weighted by molar-refractivity contribution is 0.179. The van der Waals surface area contributed by atoms with Gasteiger partial charge in [-0.05, 0) is 41.8 Å². The molecular weight excluding hydrogens is 260 g/mol. The normalized spacial score (nSPS) is 18.7. The molecule has 3 heteroatoms. The molecule has 0 spiro atoms. The lowest BCUT2D eigenvalue weighted by Gasteiger charge is -2.25. The Labute approximate surface area is 126 Å². The molecule has 112 valence electrons. The fourth-order valence-corrected chi connectivity index (χ4v) is 3.20. The van der Waals surface area contributed by atoms with Crippen LogP contribution in [-0.4, -0.2) is 42.3 Å². The second kappa shape index (κ2) is 7.03. The predicted molar refractivity (Wildman–Crippen MR) is 87.3 cm³/mol. The summed E-state index contributed by atoms with van der Waals surface area (Å²) >= 11 is 0. The minimum Gasteiger partial charge on any atom is -0.395 e. The molecular formula is C18H24N2O. The molecule has 1 aliphatic rings. The van der Waals surface area contributed by atoms with Gasteiger partial charge in [0.2, 0.25) is 0 Å². The molecule has 21 heavy (non-hydrogen) atoms. The number of aliphatic hydroxyl groups excluding tert-OH is 1.